The van der Waals surface area contributed by atoms with E-state index in [0.717, 1.165) is 24.0 Å². The average Bonchev–Trinajstić information content (AvgIpc) is 3.35. The molecule has 124 valence electrons. The first-order chi connectivity index (χ1) is 11.0. The van der Waals surface area contributed by atoms with Gasteiger partial charge in [0.05, 0.1) is 10.8 Å². The molecule has 1 aromatic rings. The van der Waals surface area contributed by atoms with Crippen molar-refractivity contribution in [1.82, 2.24) is 5.32 Å². The molecule has 0 unspecified atom stereocenters. The first-order valence-electron chi connectivity index (χ1n) is 8.15. The molecule has 1 heterocycles. The van der Waals surface area contributed by atoms with Gasteiger partial charge < -0.3 is 15.2 Å². The summed E-state index contributed by atoms with van der Waals surface area (Å²) in [5.41, 5.74) is 0.812. The fourth-order valence-corrected chi connectivity index (χ4v) is 3.36. The van der Waals surface area contributed by atoms with Crippen LogP contribution < -0.4 is 5.32 Å². The van der Waals surface area contributed by atoms with Crippen molar-refractivity contribution in [3.05, 3.63) is 35.4 Å². The molecule has 0 bridgehead atoms. The molecule has 1 aliphatic carbocycles. The van der Waals surface area contributed by atoms with E-state index < -0.39 is 16.8 Å². The van der Waals surface area contributed by atoms with E-state index >= 15 is 0 Å². The van der Waals surface area contributed by atoms with Crippen LogP contribution in [-0.4, -0.2) is 36.7 Å². The molecule has 5 nitrogen and oxygen atoms in total. The van der Waals surface area contributed by atoms with Crippen molar-refractivity contribution in [3.63, 3.8) is 0 Å². The van der Waals surface area contributed by atoms with Crippen molar-refractivity contribution in [3.8, 4) is 0 Å². The Hall–Kier alpha value is -1.88. The minimum atomic E-state index is -0.892. The molecule has 1 amide bonds. The second kappa shape index (κ2) is 5.96. The number of hydrogen-bond donors (Lipinski definition) is 2. The molecule has 2 aliphatic rings. The van der Waals surface area contributed by atoms with Crippen molar-refractivity contribution in [1.29, 1.82) is 0 Å². The highest BCUT2D eigenvalue weighted by Crippen LogP contribution is 2.48. The third-order valence-electron chi connectivity index (χ3n) is 5.25. The number of hydrogen-bond acceptors (Lipinski definition) is 3. The van der Waals surface area contributed by atoms with E-state index in [2.05, 4.69) is 5.32 Å². The zero-order chi connectivity index (χ0) is 16.5. The molecule has 3 rings (SSSR count). The van der Waals surface area contributed by atoms with Crippen LogP contribution >= 0.6 is 0 Å². The average molecular weight is 317 g/mol. The molecule has 0 radical (unpaired) electrons. The number of nitrogens with one attached hydrogen (secondary N) is 1. The lowest BCUT2D eigenvalue weighted by Gasteiger charge is -2.33. The standard InChI is InChI=1S/C18H23NO4/c1-13-3-2-4-14(11-13)18(5-6-18)15(20)19-12-17(16(21)22)7-9-23-10-8-17/h2-4,11H,5-10,12H2,1H3,(H,19,20)(H,21,22). The number of carboxylic acid groups (broad SMARTS) is 1. The molecular formula is C18H23NO4. The number of carbonyl (C=O) groups is 2. The Morgan fingerprint density at radius 2 is 1.91 bits per heavy atom. The summed E-state index contributed by atoms with van der Waals surface area (Å²) in [5.74, 6) is -0.892. The molecule has 1 saturated carbocycles. The lowest BCUT2D eigenvalue weighted by Crippen LogP contribution is -2.48. The third-order valence-corrected chi connectivity index (χ3v) is 5.25. The van der Waals surface area contributed by atoms with Crippen LogP contribution in [0, 0.1) is 12.3 Å². The van der Waals surface area contributed by atoms with E-state index in [1.165, 1.54) is 0 Å². The molecule has 23 heavy (non-hydrogen) atoms. The lowest BCUT2D eigenvalue weighted by molar-refractivity contribution is -0.154. The summed E-state index contributed by atoms with van der Waals surface area (Å²) in [7, 11) is 0. The second-order valence-corrected chi connectivity index (χ2v) is 6.83. The summed E-state index contributed by atoms with van der Waals surface area (Å²) in [6.07, 6.45) is 2.54. The number of aliphatic carboxylic acids is 1. The minimum absolute atomic E-state index is 0.0461. The molecule has 1 saturated heterocycles. The van der Waals surface area contributed by atoms with E-state index in [0.29, 0.717) is 26.1 Å². The predicted molar refractivity (Wildman–Crippen MR) is 85.2 cm³/mol. The Morgan fingerprint density at radius 1 is 1.22 bits per heavy atom. The summed E-state index contributed by atoms with van der Waals surface area (Å²) in [6.45, 7) is 3.06. The van der Waals surface area contributed by atoms with Crippen molar-refractivity contribution in [2.45, 2.75) is 38.0 Å². The Bertz CT molecular complexity index is 615. The number of carboxylic acids is 1. The van der Waals surface area contributed by atoms with Gasteiger partial charge in [0.2, 0.25) is 5.91 Å². The molecule has 0 atom stereocenters. The molecular weight excluding hydrogens is 294 g/mol. The van der Waals surface area contributed by atoms with Crippen LogP contribution in [0.1, 0.15) is 36.8 Å². The van der Waals surface area contributed by atoms with Gasteiger partial charge in [0.25, 0.3) is 0 Å². The van der Waals surface area contributed by atoms with Gasteiger partial charge >= 0.3 is 5.97 Å². The summed E-state index contributed by atoms with van der Waals surface area (Å²) >= 11 is 0. The number of ether oxygens (including phenoxy) is 1. The summed E-state index contributed by atoms with van der Waals surface area (Å²) in [5, 5.41) is 12.5. The quantitative estimate of drug-likeness (QED) is 0.871. The molecule has 1 aromatic carbocycles. The molecule has 5 heteroatoms. The van der Waals surface area contributed by atoms with Gasteiger partial charge in [-0.25, -0.2) is 0 Å². The molecule has 0 aromatic heterocycles. The van der Waals surface area contributed by atoms with Gasteiger partial charge in [-0.1, -0.05) is 29.8 Å². The van der Waals surface area contributed by atoms with Crippen molar-refractivity contribution in [2.24, 2.45) is 5.41 Å². The summed E-state index contributed by atoms with van der Waals surface area (Å²) in [4.78, 5) is 24.4. The number of benzene rings is 1. The maximum Gasteiger partial charge on any atom is 0.311 e. The smallest absolute Gasteiger partial charge is 0.311 e. The number of aryl methyl sites for hydroxylation is 1. The monoisotopic (exact) mass is 317 g/mol. The Labute approximate surface area is 136 Å². The van der Waals surface area contributed by atoms with E-state index in [1.54, 1.807) is 0 Å². The number of amides is 1. The van der Waals surface area contributed by atoms with Gasteiger partial charge in [-0.15, -0.1) is 0 Å². The molecule has 1 aliphatic heterocycles. The topological polar surface area (TPSA) is 75.6 Å². The Morgan fingerprint density at radius 3 is 2.48 bits per heavy atom. The van der Waals surface area contributed by atoms with E-state index in [-0.39, 0.29) is 12.5 Å². The fraction of sp³-hybridized carbons (Fsp3) is 0.556. The highest BCUT2D eigenvalue weighted by atomic mass is 16.5. The normalized spacial score (nSPS) is 21.4. The largest absolute Gasteiger partial charge is 0.481 e. The molecule has 0 spiro atoms. The van der Waals surface area contributed by atoms with Gasteiger partial charge in [0.1, 0.15) is 0 Å². The maximum absolute atomic E-state index is 12.7. The van der Waals surface area contributed by atoms with Crippen LogP contribution in [0.25, 0.3) is 0 Å². The van der Waals surface area contributed by atoms with Gasteiger partial charge in [-0.05, 0) is 38.2 Å². The predicted octanol–water partition coefficient (Wildman–Crippen LogP) is 2.02. The van der Waals surface area contributed by atoms with Crippen molar-refractivity contribution < 1.29 is 19.4 Å². The Kier molecular flexibility index (Phi) is 4.15. The van der Waals surface area contributed by atoms with Crippen LogP contribution in [0.15, 0.2) is 24.3 Å². The molecule has 2 fully saturated rings. The van der Waals surface area contributed by atoms with E-state index in [4.69, 9.17) is 4.74 Å². The summed E-state index contributed by atoms with van der Waals surface area (Å²) in [6, 6.07) is 8.02. The van der Waals surface area contributed by atoms with Crippen LogP contribution in [-0.2, 0) is 19.7 Å². The van der Waals surface area contributed by atoms with E-state index in [1.807, 2.05) is 31.2 Å². The van der Waals surface area contributed by atoms with Gasteiger partial charge in [0.15, 0.2) is 0 Å². The minimum Gasteiger partial charge on any atom is -0.481 e. The first-order valence-corrected chi connectivity index (χ1v) is 8.15. The lowest BCUT2D eigenvalue weighted by atomic mass is 9.80. The highest BCUT2D eigenvalue weighted by molar-refractivity contribution is 5.91. The summed E-state index contributed by atoms with van der Waals surface area (Å²) < 4.78 is 5.27. The highest BCUT2D eigenvalue weighted by Gasteiger charge is 2.52. The van der Waals surface area contributed by atoms with Crippen molar-refractivity contribution in [2.75, 3.05) is 19.8 Å². The first kappa shape index (κ1) is 16.0. The fourth-order valence-electron chi connectivity index (χ4n) is 3.36. The zero-order valence-corrected chi connectivity index (χ0v) is 13.4. The van der Waals surface area contributed by atoms with Crippen molar-refractivity contribution >= 4 is 11.9 Å². The maximum atomic E-state index is 12.7. The van der Waals surface area contributed by atoms with Crippen LogP contribution in [0.3, 0.4) is 0 Å². The van der Waals surface area contributed by atoms with Crippen LogP contribution in [0.2, 0.25) is 0 Å². The zero-order valence-electron chi connectivity index (χ0n) is 13.4. The van der Waals surface area contributed by atoms with Crippen LogP contribution in [0.5, 0.6) is 0 Å². The number of carbonyl (C=O) groups excluding carboxylic acids is 1. The van der Waals surface area contributed by atoms with Crippen LogP contribution in [0.4, 0.5) is 0 Å². The second-order valence-electron chi connectivity index (χ2n) is 6.83. The molecule has 2 N–H and O–H groups in total. The van der Waals surface area contributed by atoms with Gasteiger partial charge in [0, 0.05) is 19.8 Å². The van der Waals surface area contributed by atoms with Gasteiger partial charge in [-0.3, -0.25) is 9.59 Å². The third kappa shape index (κ3) is 2.98. The SMILES string of the molecule is Cc1cccc(C2(C(=O)NCC3(C(=O)O)CCOCC3)CC2)c1. The number of rotatable bonds is 5. The van der Waals surface area contributed by atoms with Gasteiger partial charge in [-0.2, -0.15) is 0 Å². The Balaban J connectivity index is 1.70. The van der Waals surface area contributed by atoms with E-state index in [9.17, 15) is 14.7 Å².